The molecule has 34 heavy (non-hydrogen) atoms. The molecule has 0 radical (unpaired) electrons. The number of halogens is 1. The number of anilines is 1. The van der Waals surface area contributed by atoms with Crippen LogP contribution in [-0.2, 0) is 13.2 Å². The number of pyridine rings is 1. The lowest BCUT2D eigenvalue weighted by Crippen LogP contribution is -2.24. The number of amides is 1. The average molecular weight is 464 g/mol. The zero-order valence-electron chi connectivity index (χ0n) is 19.8. The van der Waals surface area contributed by atoms with E-state index in [-0.39, 0.29) is 30.8 Å². The van der Waals surface area contributed by atoms with Crippen molar-refractivity contribution >= 4 is 11.6 Å². The summed E-state index contributed by atoms with van der Waals surface area (Å²) in [5.41, 5.74) is 4.69. The first-order valence-electron chi connectivity index (χ1n) is 11.4. The van der Waals surface area contributed by atoms with Crippen LogP contribution in [0.2, 0.25) is 0 Å². The predicted octanol–water partition coefficient (Wildman–Crippen LogP) is 4.47. The van der Waals surface area contributed by atoms with E-state index in [0.717, 1.165) is 29.7 Å². The predicted molar refractivity (Wildman–Crippen MR) is 130 cm³/mol. The lowest BCUT2D eigenvalue weighted by atomic mass is 9.97. The fraction of sp³-hybridized carbons (Fsp3) is 0.333. The molecule has 0 atom stereocenters. The number of aromatic nitrogens is 1. The van der Waals surface area contributed by atoms with Gasteiger partial charge in [0.25, 0.3) is 5.91 Å². The van der Waals surface area contributed by atoms with Crippen molar-refractivity contribution in [3.63, 3.8) is 0 Å². The van der Waals surface area contributed by atoms with Gasteiger partial charge in [0, 0.05) is 43.7 Å². The van der Waals surface area contributed by atoms with E-state index in [4.69, 9.17) is 4.74 Å². The van der Waals surface area contributed by atoms with E-state index in [0.29, 0.717) is 34.8 Å². The van der Waals surface area contributed by atoms with Crippen molar-refractivity contribution in [2.24, 2.45) is 5.92 Å². The van der Waals surface area contributed by atoms with Crippen LogP contribution in [0.5, 0.6) is 5.88 Å². The topological polar surface area (TPSA) is 74.7 Å². The van der Waals surface area contributed by atoms with Gasteiger partial charge in [-0.25, -0.2) is 9.37 Å². The lowest BCUT2D eigenvalue weighted by molar-refractivity contribution is 0.0945. The van der Waals surface area contributed by atoms with Gasteiger partial charge in [-0.3, -0.25) is 4.79 Å². The first-order valence-corrected chi connectivity index (χ1v) is 11.4. The van der Waals surface area contributed by atoms with E-state index in [2.05, 4.69) is 10.3 Å². The molecular weight excluding hydrogens is 433 g/mol. The van der Waals surface area contributed by atoms with Crippen molar-refractivity contribution in [3.8, 4) is 17.0 Å². The summed E-state index contributed by atoms with van der Waals surface area (Å²) in [6.45, 7) is 2.26. The van der Waals surface area contributed by atoms with Crippen molar-refractivity contribution in [2.75, 3.05) is 25.6 Å². The van der Waals surface area contributed by atoms with Crippen LogP contribution in [0.15, 0.2) is 48.7 Å². The standard InChI is InChI=1S/C27H30FN3O3/c1-17-7-8-19(11-23(17)28)13-29-26(33)22-12-21(14-30-27(22)34-16-18-9-10-18)25-20(15-32)5-4-6-24(25)31(2)3/h4-8,11-12,14,18,32H,9-10,13,15-16H2,1-3H3,(H,29,33). The Morgan fingerprint density at radius 3 is 2.71 bits per heavy atom. The smallest absolute Gasteiger partial charge is 0.257 e. The number of aliphatic hydroxyl groups is 1. The molecule has 1 aliphatic carbocycles. The van der Waals surface area contributed by atoms with Gasteiger partial charge < -0.3 is 20.1 Å². The van der Waals surface area contributed by atoms with Gasteiger partial charge >= 0.3 is 0 Å². The zero-order chi connectivity index (χ0) is 24.2. The molecule has 1 aromatic heterocycles. The van der Waals surface area contributed by atoms with Crippen LogP contribution in [0.25, 0.3) is 11.1 Å². The number of ether oxygens (including phenoxy) is 1. The first-order chi connectivity index (χ1) is 16.4. The van der Waals surface area contributed by atoms with Gasteiger partial charge in [0.1, 0.15) is 11.4 Å². The average Bonchev–Trinajstić information content (AvgIpc) is 3.67. The first kappa shape index (κ1) is 23.7. The molecule has 1 aliphatic rings. The van der Waals surface area contributed by atoms with Crippen LogP contribution in [0.4, 0.5) is 10.1 Å². The van der Waals surface area contributed by atoms with Crippen molar-refractivity contribution in [2.45, 2.75) is 32.9 Å². The third-order valence-corrected chi connectivity index (χ3v) is 6.01. The highest BCUT2D eigenvalue weighted by Crippen LogP contribution is 2.36. The second-order valence-corrected chi connectivity index (χ2v) is 8.96. The molecule has 178 valence electrons. The zero-order valence-corrected chi connectivity index (χ0v) is 19.8. The van der Waals surface area contributed by atoms with E-state index < -0.39 is 0 Å². The van der Waals surface area contributed by atoms with Gasteiger partial charge in [-0.1, -0.05) is 24.3 Å². The Labute approximate surface area is 199 Å². The number of rotatable bonds is 9. The molecule has 0 spiro atoms. The third kappa shape index (κ3) is 5.37. The summed E-state index contributed by atoms with van der Waals surface area (Å²) in [6, 6.07) is 12.4. The molecule has 2 N–H and O–H groups in total. The van der Waals surface area contributed by atoms with Crippen LogP contribution in [0, 0.1) is 18.7 Å². The van der Waals surface area contributed by atoms with E-state index in [1.165, 1.54) is 6.07 Å². The lowest BCUT2D eigenvalue weighted by Gasteiger charge is -2.21. The highest BCUT2D eigenvalue weighted by atomic mass is 19.1. The highest BCUT2D eigenvalue weighted by molar-refractivity contribution is 5.98. The normalized spacial score (nSPS) is 13.0. The number of hydrogen-bond acceptors (Lipinski definition) is 5. The van der Waals surface area contributed by atoms with E-state index in [9.17, 15) is 14.3 Å². The maximum absolute atomic E-state index is 13.9. The minimum Gasteiger partial charge on any atom is -0.477 e. The molecule has 6 nitrogen and oxygen atoms in total. The Kier molecular flexibility index (Phi) is 7.12. The Hall–Kier alpha value is -3.45. The Balaban J connectivity index is 1.67. The molecule has 1 amide bonds. The van der Waals surface area contributed by atoms with Crippen molar-refractivity contribution in [1.29, 1.82) is 0 Å². The number of carbonyl (C=O) groups is 1. The molecule has 1 saturated carbocycles. The summed E-state index contributed by atoms with van der Waals surface area (Å²) >= 11 is 0. The molecule has 4 rings (SSSR count). The van der Waals surface area contributed by atoms with Crippen LogP contribution >= 0.6 is 0 Å². The number of nitrogens with one attached hydrogen (secondary N) is 1. The van der Waals surface area contributed by atoms with Crippen LogP contribution in [0.3, 0.4) is 0 Å². The van der Waals surface area contributed by atoms with Crippen molar-refractivity contribution in [3.05, 3.63) is 76.7 Å². The van der Waals surface area contributed by atoms with Crippen molar-refractivity contribution in [1.82, 2.24) is 10.3 Å². The monoisotopic (exact) mass is 463 g/mol. The minimum atomic E-state index is -0.353. The second kappa shape index (κ2) is 10.2. The molecule has 7 heteroatoms. The summed E-state index contributed by atoms with van der Waals surface area (Å²) in [4.78, 5) is 19.7. The Morgan fingerprint density at radius 1 is 1.24 bits per heavy atom. The summed E-state index contributed by atoms with van der Waals surface area (Å²) in [5, 5.41) is 12.8. The quantitative estimate of drug-likeness (QED) is 0.490. The number of aryl methyl sites for hydroxylation is 1. The Morgan fingerprint density at radius 2 is 2.03 bits per heavy atom. The summed E-state index contributed by atoms with van der Waals surface area (Å²) in [5.74, 6) is 0.120. The second-order valence-electron chi connectivity index (χ2n) is 8.96. The molecule has 2 aromatic carbocycles. The number of hydrogen-bond donors (Lipinski definition) is 2. The summed E-state index contributed by atoms with van der Waals surface area (Å²) in [6.07, 6.45) is 3.92. The van der Waals surface area contributed by atoms with Gasteiger partial charge in [-0.05, 0) is 60.6 Å². The molecule has 3 aromatic rings. The van der Waals surface area contributed by atoms with Crippen LogP contribution in [-0.4, -0.2) is 36.7 Å². The molecule has 0 aliphatic heterocycles. The van der Waals surface area contributed by atoms with Gasteiger partial charge in [0.2, 0.25) is 5.88 Å². The number of aliphatic hydroxyl groups excluding tert-OH is 1. The maximum Gasteiger partial charge on any atom is 0.257 e. The highest BCUT2D eigenvalue weighted by Gasteiger charge is 2.24. The van der Waals surface area contributed by atoms with E-state index >= 15 is 0 Å². The number of carbonyl (C=O) groups excluding carboxylic acids is 1. The van der Waals surface area contributed by atoms with E-state index in [1.807, 2.05) is 37.2 Å². The fourth-order valence-electron chi connectivity index (χ4n) is 3.80. The van der Waals surface area contributed by atoms with Gasteiger partial charge in [-0.2, -0.15) is 0 Å². The third-order valence-electron chi connectivity index (χ3n) is 6.01. The number of nitrogens with zero attached hydrogens (tertiary/aromatic N) is 2. The molecule has 1 fully saturated rings. The molecule has 0 bridgehead atoms. The minimum absolute atomic E-state index is 0.141. The van der Waals surface area contributed by atoms with Crippen LogP contribution < -0.4 is 15.0 Å². The molecule has 0 saturated heterocycles. The van der Waals surface area contributed by atoms with E-state index in [1.54, 1.807) is 31.3 Å². The largest absolute Gasteiger partial charge is 0.477 e. The summed E-state index contributed by atoms with van der Waals surface area (Å²) < 4.78 is 19.8. The fourth-order valence-corrected chi connectivity index (χ4v) is 3.80. The molecule has 1 heterocycles. The molecular formula is C27H30FN3O3. The SMILES string of the molecule is Cc1ccc(CNC(=O)c2cc(-c3c(CO)cccc3N(C)C)cnc2OCC2CC2)cc1F. The maximum atomic E-state index is 13.9. The van der Waals surface area contributed by atoms with Gasteiger partial charge in [0.05, 0.1) is 13.2 Å². The van der Waals surface area contributed by atoms with Gasteiger partial charge in [0.15, 0.2) is 0 Å². The Bertz CT molecular complexity index is 1190. The van der Waals surface area contributed by atoms with Gasteiger partial charge in [-0.15, -0.1) is 0 Å². The summed E-state index contributed by atoms with van der Waals surface area (Å²) in [7, 11) is 3.85. The van der Waals surface area contributed by atoms with Crippen LogP contribution in [0.1, 0.15) is 39.9 Å². The number of benzene rings is 2. The van der Waals surface area contributed by atoms with Crippen molar-refractivity contribution < 1.29 is 19.0 Å². The molecule has 0 unspecified atom stereocenters.